The predicted molar refractivity (Wildman–Crippen MR) is 268 cm³/mol. The molecule has 0 N–H and O–H groups in total. The number of halogens is 22. The summed E-state index contributed by atoms with van der Waals surface area (Å²) in [7, 11) is -4.38. The normalized spacial score (nSPS) is 14.1. The van der Waals surface area contributed by atoms with Crippen molar-refractivity contribution in [3.63, 3.8) is 0 Å². The molecular formula is C16H34Cl22Si10. The molecular weight excluding hydrogens is 1250 g/mol. The topological polar surface area (TPSA) is 0 Å². The van der Waals surface area contributed by atoms with Gasteiger partial charge in [-0.15, -0.1) is 206 Å². The van der Waals surface area contributed by atoms with Gasteiger partial charge in [-0.25, -0.2) is 0 Å². The van der Waals surface area contributed by atoms with Crippen molar-refractivity contribution in [2.75, 3.05) is 0 Å². The second-order valence-electron chi connectivity index (χ2n) is 10.6. The predicted octanol–water partition coefficient (Wildman–Crippen LogP) is 17.7. The van der Waals surface area contributed by atoms with Crippen molar-refractivity contribution in [3.8, 4) is 0 Å². The monoisotopic (exact) mass is 1280 g/mol. The Morgan fingerprint density at radius 3 is 0.750 bits per heavy atom. The summed E-state index contributed by atoms with van der Waals surface area (Å²) in [6.45, 7) is -4.63. The molecule has 0 atom stereocenters. The molecule has 0 aliphatic heterocycles. The first-order chi connectivity index (χ1) is 21.1. The van der Waals surface area contributed by atoms with Crippen molar-refractivity contribution in [1.82, 2.24) is 0 Å². The van der Waals surface area contributed by atoms with Crippen molar-refractivity contribution in [2.45, 2.75) is 84.6 Å². The fraction of sp³-hybridized carbons (Fsp3) is 0.875. The Bertz CT molecular complexity index is 776. The molecule has 32 heteroatoms. The van der Waals surface area contributed by atoms with Gasteiger partial charge in [0.15, 0.2) is 7.38 Å². The highest BCUT2D eigenvalue weighted by atomic mass is 35.9. The maximum Gasteiger partial charge on any atom is 0.341 e. The van der Waals surface area contributed by atoms with Gasteiger partial charge >= 0.3 is 24.0 Å². The second-order valence-corrected chi connectivity index (χ2v) is 83.8. The first kappa shape index (κ1) is 60.6. The van der Waals surface area contributed by atoms with Gasteiger partial charge in [-0.05, 0) is 84.6 Å². The van der Waals surface area contributed by atoms with E-state index in [1.54, 1.807) is 5.70 Å². The largest absolute Gasteiger partial charge is 0.341 e. The van der Waals surface area contributed by atoms with E-state index in [0.717, 1.165) is 0 Å². The van der Waals surface area contributed by atoms with E-state index in [1.807, 2.05) is 0 Å². The SMILES string of the molecule is C=C[SiH2]Cl.Cl[SiH](Cl)CC[Si](Cl)(Cl)Cl.Cl[Si](Cl)(Cl)CC[Si](Cl)(Cl)CC[Si](Cl)(CC[Si](Cl)(Cl)CC[Si](Cl)(Cl)Cl)CC[Si](Cl)(Cl)CC[Si](Cl)(Cl)Cl. The Labute approximate surface area is 401 Å². The summed E-state index contributed by atoms with van der Waals surface area (Å²) >= 11 is 134. The van der Waals surface area contributed by atoms with E-state index in [1.165, 1.54) is 0 Å². The fourth-order valence-corrected chi connectivity index (χ4v) is 49.8. The summed E-state index contributed by atoms with van der Waals surface area (Å²) in [6.07, 6.45) is 0. The van der Waals surface area contributed by atoms with Crippen LogP contribution >= 0.6 is 244 Å². The van der Waals surface area contributed by atoms with Gasteiger partial charge in [0.2, 0.25) is 7.42 Å². The molecule has 0 aliphatic rings. The van der Waals surface area contributed by atoms with Crippen LogP contribution in [0.2, 0.25) is 84.6 Å². The maximum atomic E-state index is 7.27. The Morgan fingerprint density at radius 1 is 0.396 bits per heavy atom. The Balaban J connectivity index is -0.00000130. The van der Waals surface area contributed by atoms with Crippen molar-refractivity contribution in [1.29, 1.82) is 0 Å². The lowest BCUT2D eigenvalue weighted by Gasteiger charge is -2.31. The van der Waals surface area contributed by atoms with Gasteiger partial charge in [-0.1, -0.05) is 5.70 Å². The number of rotatable bonds is 22. The van der Waals surface area contributed by atoms with Gasteiger partial charge in [0.25, 0.3) is 20.1 Å². The van der Waals surface area contributed by atoms with E-state index in [9.17, 15) is 0 Å². The van der Waals surface area contributed by atoms with Gasteiger partial charge < -0.3 is 0 Å². The average Bonchev–Trinajstić information content (AvgIpc) is 2.89. The molecule has 0 unspecified atom stereocenters. The molecule has 0 aliphatic carbocycles. The third kappa shape index (κ3) is 47.0. The highest BCUT2D eigenvalue weighted by Crippen LogP contribution is 2.45. The highest BCUT2D eigenvalue weighted by Gasteiger charge is 2.44. The van der Waals surface area contributed by atoms with Crippen molar-refractivity contribution >= 4 is 311 Å². The molecule has 0 amide bonds. The van der Waals surface area contributed by atoms with Gasteiger partial charge in [0.1, 0.15) is 8.83 Å². The molecule has 48 heavy (non-hydrogen) atoms. The van der Waals surface area contributed by atoms with Gasteiger partial charge in [0, 0.05) is 0 Å². The van der Waals surface area contributed by atoms with Crippen LogP contribution in [0.4, 0.5) is 0 Å². The lowest BCUT2D eigenvalue weighted by Crippen LogP contribution is -2.36. The summed E-state index contributed by atoms with van der Waals surface area (Å²) < 4.78 is 0. The molecule has 0 spiro atoms. The van der Waals surface area contributed by atoms with Crippen LogP contribution in [0.15, 0.2) is 12.3 Å². The summed E-state index contributed by atoms with van der Waals surface area (Å²) in [4.78, 5) is 0. The van der Waals surface area contributed by atoms with Crippen molar-refractivity contribution in [2.24, 2.45) is 0 Å². The van der Waals surface area contributed by atoms with Crippen LogP contribution in [0.5, 0.6) is 0 Å². The van der Waals surface area contributed by atoms with E-state index in [0.29, 0.717) is 84.6 Å². The molecule has 0 aromatic rings. The first-order valence-corrected chi connectivity index (χ1v) is 58.8. The summed E-state index contributed by atoms with van der Waals surface area (Å²) in [5.41, 5.74) is 1.78. The van der Waals surface area contributed by atoms with Crippen LogP contribution in [0, 0.1) is 0 Å². The fourth-order valence-electron chi connectivity index (χ4n) is 3.22. The van der Waals surface area contributed by atoms with Gasteiger partial charge in [-0.2, -0.15) is 44.3 Å². The van der Waals surface area contributed by atoms with Gasteiger partial charge in [-0.3, -0.25) is 0 Å². The van der Waals surface area contributed by atoms with Crippen molar-refractivity contribution < 1.29 is 0 Å². The molecule has 0 bridgehead atoms. The minimum absolute atomic E-state index is 0.340. The Morgan fingerprint density at radius 2 is 0.604 bits per heavy atom. The Kier molecular flexibility index (Phi) is 36.3. The standard InChI is InChI=1S/C12H24Cl16Si7.C2H5Cl5Si2.C2H5ClSi/c13-29(1-4-30(14,15)7-10-33(20,21)22,2-5-31(16,17)8-11-34(23,24)25)3-6-32(18,19)9-12-35(26,27)28;3-8(4)1-2-9(5,6)7;1-2-4-3/h1-12H2;8H,1-2H2;2H,1,4H2. The number of hydrogen-bond acceptors (Lipinski definition) is 0. The van der Waals surface area contributed by atoms with Crippen LogP contribution in [-0.4, -0.2) is 67.7 Å². The van der Waals surface area contributed by atoms with Crippen LogP contribution in [0.1, 0.15) is 0 Å². The highest BCUT2D eigenvalue weighted by molar-refractivity contribution is 7.66. The zero-order chi connectivity index (χ0) is 38.9. The quantitative estimate of drug-likeness (QED) is 0.0749. The molecule has 292 valence electrons. The average molecular weight is 1290 g/mol. The van der Waals surface area contributed by atoms with E-state index in [4.69, 9.17) is 244 Å². The van der Waals surface area contributed by atoms with Crippen molar-refractivity contribution in [3.05, 3.63) is 12.3 Å². The molecule has 0 nitrogen and oxygen atoms in total. The molecule has 0 rings (SSSR count). The van der Waals surface area contributed by atoms with E-state index >= 15 is 0 Å². The molecule has 0 radical (unpaired) electrons. The van der Waals surface area contributed by atoms with Crippen LogP contribution in [-0.2, 0) is 0 Å². The van der Waals surface area contributed by atoms with Crippen LogP contribution in [0.25, 0.3) is 0 Å². The molecule has 0 saturated heterocycles. The molecule has 0 saturated carbocycles. The van der Waals surface area contributed by atoms with Crippen LogP contribution in [0.3, 0.4) is 0 Å². The minimum atomic E-state index is -2.83. The maximum absolute atomic E-state index is 7.27. The zero-order valence-electron chi connectivity index (χ0n) is 24.8. The van der Waals surface area contributed by atoms with Crippen LogP contribution < -0.4 is 0 Å². The lowest BCUT2D eigenvalue weighted by molar-refractivity contribution is 1.16. The molecule has 0 aromatic carbocycles. The first-order valence-electron chi connectivity index (χ1n) is 13.6. The smallest absolute Gasteiger partial charge is 0.171 e. The van der Waals surface area contributed by atoms with Gasteiger partial charge in [0.05, 0.1) is 0 Å². The summed E-state index contributed by atoms with van der Waals surface area (Å²) in [5, 5.41) is 0. The lowest BCUT2D eigenvalue weighted by atomic mass is 10.9. The van der Waals surface area contributed by atoms with E-state index in [-0.39, 0.29) is 8.83 Å². The molecule has 0 heterocycles. The third-order valence-corrected chi connectivity index (χ3v) is 40.3. The Hall–Kier alpha value is 8.29. The molecule has 0 fully saturated rings. The zero-order valence-corrected chi connectivity index (χ0v) is 52.0. The second kappa shape index (κ2) is 28.7. The van der Waals surface area contributed by atoms with E-state index < -0.39 is 58.9 Å². The minimum Gasteiger partial charge on any atom is -0.171 e. The summed E-state index contributed by atoms with van der Waals surface area (Å²) in [6, 6.07) is -3.40. The summed E-state index contributed by atoms with van der Waals surface area (Å²) in [5.74, 6) is 0. The number of hydrogen-bond donors (Lipinski definition) is 0. The molecule has 0 aromatic heterocycles. The third-order valence-electron chi connectivity index (χ3n) is 5.89. The van der Waals surface area contributed by atoms with E-state index in [2.05, 4.69) is 6.58 Å².